The minimum absolute atomic E-state index is 0.215. The summed E-state index contributed by atoms with van der Waals surface area (Å²) in [6.07, 6.45) is -3.61. The lowest BCUT2D eigenvalue weighted by Gasteiger charge is -2.12. The first-order valence-corrected chi connectivity index (χ1v) is 4.03. The van der Waals surface area contributed by atoms with Crippen molar-refractivity contribution in [1.82, 2.24) is 4.98 Å². The SMILES string of the molecule is CC(=O)Oc1c(C)ccnc1C(F)(F)F. The van der Waals surface area contributed by atoms with Crippen LogP contribution in [0.3, 0.4) is 0 Å². The van der Waals surface area contributed by atoms with Crippen LogP contribution in [0.15, 0.2) is 12.3 Å². The molecule has 0 saturated carbocycles. The highest BCUT2D eigenvalue weighted by atomic mass is 19.4. The molecule has 0 aliphatic rings. The molecule has 0 aromatic carbocycles. The average molecular weight is 219 g/mol. The van der Waals surface area contributed by atoms with E-state index in [0.29, 0.717) is 0 Å². The summed E-state index contributed by atoms with van der Waals surface area (Å²) in [7, 11) is 0. The van der Waals surface area contributed by atoms with Crippen LogP contribution in [-0.2, 0) is 11.0 Å². The summed E-state index contributed by atoms with van der Waals surface area (Å²) < 4.78 is 41.8. The topological polar surface area (TPSA) is 39.2 Å². The van der Waals surface area contributed by atoms with Crippen LogP contribution in [0.5, 0.6) is 5.75 Å². The van der Waals surface area contributed by atoms with Gasteiger partial charge in [0.15, 0.2) is 11.4 Å². The summed E-state index contributed by atoms with van der Waals surface area (Å²) in [5, 5.41) is 0. The molecule has 0 unspecified atom stereocenters. The number of aromatic nitrogens is 1. The molecule has 0 radical (unpaired) electrons. The lowest BCUT2D eigenvalue weighted by Crippen LogP contribution is -2.14. The predicted octanol–water partition coefficient (Wildman–Crippen LogP) is 2.33. The van der Waals surface area contributed by atoms with Crippen molar-refractivity contribution in [3.05, 3.63) is 23.5 Å². The number of nitrogens with zero attached hydrogens (tertiary/aromatic N) is 1. The number of rotatable bonds is 1. The molecule has 0 N–H and O–H groups in total. The maximum Gasteiger partial charge on any atom is 0.437 e. The molecular weight excluding hydrogens is 211 g/mol. The zero-order valence-electron chi connectivity index (χ0n) is 8.05. The van der Waals surface area contributed by atoms with E-state index >= 15 is 0 Å². The summed E-state index contributed by atoms with van der Waals surface area (Å²) in [5.41, 5.74) is -0.967. The Morgan fingerprint density at radius 1 is 1.47 bits per heavy atom. The average Bonchev–Trinajstić information content (AvgIpc) is 2.05. The third kappa shape index (κ3) is 2.68. The third-order valence-electron chi connectivity index (χ3n) is 1.62. The highest BCUT2D eigenvalue weighted by Gasteiger charge is 2.37. The number of carbonyl (C=O) groups excluding carboxylic acids is 1. The molecule has 0 saturated heterocycles. The highest BCUT2D eigenvalue weighted by molar-refractivity contribution is 5.70. The van der Waals surface area contributed by atoms with Gasteiger partial charge in [-0.15, -0.1) is 0 Å². The van der Waals surface area contributed by atoms with Gasteiger partial charge in [-0.2, -0.15) is 13.2 Å². The first kappa shape index (κ1) is 11.5. The first-order chi connectivity index (χ1) is 6.82. The molecule has 0 atom stereocenters. The minimum atomic E-state index is -4.63. The van der Waals surface area contributed by atoms with E-state index < -0.39 is 23.6 Å². The van der Waals surface area contributed by atoms with Gasteiger partial charge in [0.05, 0.1) is 0 Å². The molecule has 6 heteroatoms. The van der Waals surface area contributed by atoms with Gasteiger partial charge < -0.3 is 4.74 Å². The Morgan fingerprint density at radius 3 is 2.53 bits per heavy atom. The van der Waals surface area contributed by atoms with Crippen molar-refractivity contribution in [2.45, 2.75) is 20.0 Å². The van der Waals surface area contributed by atoms with Gasteiger partial charge >= 0.3 is 12.1 Å². The molecule has 0 amide bonds. The fraction of sp³-hybridized carbons (Fsp3) is 0.333. The molecule has 15 heavy (non-hydrogen) atoms. The minimum Gasteiger partial charge on any atom is -0.424 e. The molecule has 0 bridgehead atoms. The van der Waals surface area contributed by atoms with Crippen molar-refractivity contribution in [2.75, 3.05) is 0 Å². The quantitative estimate of drug-likeness (QED) is 0.680. The second-order valence-corrected chi connectivity index (χ2v) is 2.90. The zero-order chi connectivity index (χ0) is 11.6. The lowest BCUT2D eigenvalue weighted by atomic mass is 10.2. The van der Waals surface area contributed by atoms with Crippen LogP contribution >= 0.6 is 0 Å². The van der Waals surface area contributed by atoms with Crippen molar-refractivity contribution >= 4 is 5.97 Å². The van der Waals surface area contributed by atoms with E-state index in [1.807, 2.05) is 0 Å². The van der Waals surface area contributed by atoms with Gasteiger partial charge in [0.25, 0.3) is 0 Å². The van der Waals surface area contributed by atoms with Gasteiger partial charge in [0.2, 0.25) is 0 Å². The Labute approximate surface area is 83.9 Å². The van der Waals surface area contributed by atoms with Crippen LogP contribution in [0.4, 0.5) is 13.2 Å². The number of pyridine rings is 1. The fourth-order valence-electron chi connectivity index (χ4n) is 1.02. The van der Waals surface area contributed by atoms with E-state index in [4.69, 9.17) is 0 Å². The second kappa shape index (κ2) is 3.88. The summed E-state index contributed by atoms with van der Waals surface area (Å²) >= 11 is 0. The van der Waals surface area contributed by atoms with Gasteiger partial charge in [-0.05, 0) is 18.6 Å². The molecule has 1 aromatic rings. The van der Waals surface area contributed by atoms with Crippen molar-refractivity contribution in [3.63, 3.8) is 0 Å². The van der Waals surface area contributed by atoms with Gasteiger partial charge in [-0.1, -0.05) is 0 Å². The van der Waals surface area contributed by atoms with Crippen LogP contribution in [0.1, 0.15) is 18.2 Å². The molecule has 0 spiro atoms. The van der Waals surface area contributed by atoms with Crippen molar-refractivity contribution in [3.8, 4) is 5.75 Å². The van der Waals surface area contributed by atoms with E-state index in [9.17, 15) is 18.0 Å². The van der Waals surface area contributed by atoms with E-state index in [0.717, 1.165) is 13.1 Å². The van der Waals surface area contributed by atoms with Crippen LogP contribution in [-0.4, -0.2) is 11.0 Å². The summed E-state index contributed by atoms with van der Waals surface area (Å²) in [6.45, 7) is 2.45. The molecular formula is C9H8F3NO2. The van der Waals surface area contributed by atoms with Gasteiger partial charge in [-0.25, -0.2) is 4.98 Å². The van der Waals surface area contributed by atoms with Gasteiger partial charge in [0.1, 0.15) is 0 Å². The molecule has 0 fully saturated rings. The van der Waals surface area contributed by atoms with Gasteiger partial charge in [0, 0.05) is 13.1 Å². The predicted molar refractivity (Wildman–Crippen MR) is 45.3 cm³/mol. The molecule has 3 nitrogen and oxygen atoms in total. The van der Waals surface area contributed by atoms with E-state index in [2.05, 4.69) is 9.72 Å². The second-order valence-electron chi connectivity index (χ2n) is 2.90. The maximum atomic E-state index is 12.4. The number of ether oxygens (including phenoxy) is 1. The standard InChI is InChI=1S/C9H8F3NO2/c1-5-3-4-13-8(9(10,11)12)7(5)15-6(2)14/h3-4H,1-2H3. The van der Waals surface area contributed by atoms with Crippen LogP contribution < -0.4 is 4.74 Å². The Hall–Kier alpha value is -1.59. The maximum absolute atomic E-state index is 12.4. The Balaban J connectivity index is 3.26. The largest absolute Gasteiger partial charge is 0.437 e. The van der Waals surface area contributed by atoms with Crippen molar-refractivity contribution in [1.29, 1.82) is 0 Å². The summed E-state index contributed by atoms with van der Waals surface area (Å²) in [5.74, 6) is -1.34. The number of hydrogen-bond donors (Lipinski definition) is 0. The number of alkyl halides is 3. The molecule has 0 aliphatic carbocycles. The van der Waals surface area contributed by atoms with Gasteiger partial charge in [-0.3, -0.25) is 4.79 Å². The van der Waals surface area contributed by atoms with Crippen molar-refractivity contribution in [2.24, 2.45) is 0 Å². The molecule has 82 valence electrons. The summed E-state index contributed by atoms with van der Waals surface area (Å²) in [4.78, 5) is 13.8. The number of esters is 1. The monoisotopic (exact) mass is 219 g/mol. The summed E-state index contributed by atoms with van der Waals surface area (Å²) in [6, 6.07) is 1.34. The molecule has 1 aromatic heterocycles. The third-order valence-corrected chi connectivity index (χ3v) is 1.62. The normalized spacial score (nSPS) is 11.3. The van der Waals surface area contributed by atoms with E-state index in [1.165, 1.54) is 13.0 Å². The molecule has 1 heterocycles. The van der Waals surface area contributed by atoms with E-state index in [1.54, 1.807) is 0 Å². The fourth-order valence-corrected chi connectivity index (χ4v) is 1.02. The van der Waals surface area contributed by atoms with Crippen LogP contribution in [0.25, 0.3) is 0 Å². The van der Waals surface area contributed by atoms with Crippen LogP contribution in [0.2, 0.25) is 0 Å². The van der Waals surface area contributed by atoms with Crippen molar-refractivity contribution < 1.29 is 22.7 Å². The Bertz CT molecular complexity index is 387. The molecule has 0 aliphatic heterocycles. The van der Waals surface area contributed by atoms with Crippen LogP contribution in [0, 0.1) is 6.92 Å². The van der Waals surface area contributed by atoms with E-state index in [-0.39, 0.29) is 5.56 Å². The Morgan fingerprint density at radius 2 is 2.07 bits per heavy atom. The highest BCUT2D eigenvalue weighted by Crippen LogP contribution is 2.36. The smallest absolute Gasteiger partial charge is 0.424 e. The number of hydrogen-bond acceptors (Lipinski definition) is 3. The zero-order valence-corrected chi connectivity index (χ0v) is 8.05. The first-order valence-electron chi connectivity index (χ1n) is 4.03. The lowest BCUT2D eigenvalue weighted by molar-refractivity contribution is -0.144. The number of halogens is 3. The molecule has 1 rings (SSSR count). The number of aryl methyl sites for hydroxylation is 1. The Kier molecular flexibility index (Phi) is 2.97. The number of carbonyl (C=O) groups is 1.